The Hall–Kier alpha value is -6.91. The first-order valence-corrected chi connectivity index (χ1v) is 17.4. The summed E-state index contributed by atoms with van der Waals surface area (Å²) >= 11 is 0. The summed E-state index contributed by atoms with van der Waals surface area (Å²) in [6.07, 6.45) is 0. The van der Waals surface area contributed by atoms with Gasteiger partial charge in [0.25, 0.3) is 0 Å². The molecule has 0 saturated heterocycles. The lowest BCUT2D eigenvalue weighted by atomic mass is 10.1. The zero-order chi connectivity index (χ0) is 33.5. The number of hydrogen-bond donors (Lipinski definition) is 0. The molecule has 11 rings (SSSR count). The maximum atomic E-state index is 5.39. The summed E-state index contributed by atoms with van der Waals surface area (Å²) in [4.78, 5) is 5.39. The molecule has 0 aliphatic heterocycles. The molecule has 4 aromatic heterocycles. The Morgan fingerprint density at radius 2 is 0.725 bits per heavy atom. The van der Waals surface area contributed by atoms with Gasteiger partial charge in [-0.2, -0.15) is 0 Å². The van der Waals surface area contributed by atoms with Crippen LogP contribution in [0.1, 0.15) is 0 Å². The van der Waals surface area contributed by atoms with Crippen LogP contribution in [-0.4, -0.2) is 18.7 Å². The van der Waals surface area contributed by atoms with Gasteiger partial charge in [0.1, 0.15) is 0 Å². The average Bonchev–Trinajstić information content (AvgIpc) is 3.83. The van der Waals surface area contributed by atoms with Crippen molar-refractivity contribution in [2.75, 3.05) is 0 Å². The van der Waals surface area contributed by atoms with E-state index in [1.54, 1.807) is 0 Å². The molecule has 4 heterocycles. The highest BCUT2D eigenvalue weighted by atomic mass is 15.0. The minimum absolute atomic E-state index is 0.962. The maximum Gasteiger partial charge on any atom is 0.0971 e. The van der Waals surface area contributed by atoms with Crippen LogP contribution in [0, 0.1) is 0 Å². The predicted molar refractivity (Wildman–Crippen MR) is 213 cm³/mol. The van der Waals surface area contributed by atoms with Gasteiger partial charge in [-0.1, -0.05) is 109 Å². The van der Waals surface area contributed by atoms with Crippen molar-refractivity contribution in [3.05, 3.63) is 182 Å². The van der Waals surface area contributed by atoms with Crippen molar-refractivity contribution in [1.82, 2.24) is 18.7 Å². The predicted octanol–water partition coefficient (Wildman–Crippen LogP) is 12.0. The highest BCUT2D eigenvalue weighted by molar-refractivity contribution is 6.12. The topological polar surface area (TPSA) is 27.7 Å². The largest absolute Gasteiger partial charge is 0.309 e. The number of para-hydroxylation sites is 4. The summed E-state index contributed by atoms with van der Waals surface area (Å²) in [7, 11) is 0. The van der Waals surface area contributed by atoms with Gasteiger partial charge in [0.2, 0.25) is 0 Å². The van der Waals surface area contributed by atoms with Crippen molar-refractivity contribution in [3.8, 4) is 28.3 Å². The molecular formula is C47H30N4. The zero-order valence-corrected chi connectivity index (χ0v) is 27.6. The monoisotopic (exact) mass is 650 g/mol. The highest BCUT2D eigenvalue weighted by Gasteiger charge is 2.19. The van der Waals surface area contributed by atoms with Crippen LogP contribution in [0.15, 0.2) is 182 Å². The van der Waals surface area contributed by atoms with Crippen LogP contribution in [-0.2, 0) is 0 Å². The fourth-order valence-corrected chi connectivity index (χ4v) is 8.23. The third-order valence-electron chi connectivity index (χ3n) is 10.4. The lowest BCUT2D eigenvalue weighted by molar-refractivity contribution is 1.13. The summed E-state index contributed by atoms with van der Waals surface area (Å²) in [6, 6.07) is 65.3. The minimum Gasteiger partial charge on any atom is -0.309 e. The van der Waals surface area contributed by atoms with Gasteiger partial charge in [-0.15, -0.1) is 0 Å². The molecule has 0 bridgehead atoms. The normalized spacial score (nSPS) is 11.9. The summed E-state index contributed by atoms with van der Waals surface area (Å²) < 4.78 is 7.14. The second-order valence-corrected chi connectivity index (χ2v) is 13.2. The van der Waals surface area contributed by atoms with E-state index >= 15 is 0 Å². The van der Waals surface area contributed by atoms with Gasteiger partial charge in [0, 0.05) is 49.6 Å². The Morgan fingerprint density at radius 1 is 0.294 bits per heavy atom. The van der Waals surface area contributed by atoms with Gasteiger partial charge in [0.15, 0.2) is 0 Å². The lowest BCUT2D eigenvalue weighted by Crippen LogP contribution is -1.99. The van der Waals surface area contributed by atoms with Crippen LogP contribution in [0.25, 0.3) is 93.9 Å². The lowest BCUT2D eigenvalue weighted by Gasteiger charge is -2.13. The number of rotatable bonds is 4. The summed E-state index contributed by atoms with van der Waals surface area (Å²) in [5, 5.41) is 6.13. The standard InChI is InChI=1S/C47H30N4/c1-2-13-31(14-3-1)40-26-28-46-47(48-40)39-30-34(50-43-23-10-6-19-37(43)38-20-7-11-24-44(38)50)25-27-45(39)51(46)33-16-12-15-32(29-33)49-41-21-8-4-17-35(41)36-18-5-9-22-42(36)49/h1-30H. The molecule has 0 aliphatic carbocycles. The second-order valence-electron chi connectivity index (χ2n) is 13.2. The number of aromatic nitrogens is 4. The molecule has 4 heteroatoms. The molecule has 0 fully saturated rings. The van der Waals surface area contributed by atoms with Crippen LogP contribution < -0.4 is 0 Å². The fourth-order valence-electron chi connectivity index (χ4n) is 8.23. The van der Waals surface area contributed by atoms with E-state index in [0.29, 0.717) is 0 Å². The fraction of sp³-hybridized carbons (Fsp3) is 0. The van der Waals surface area contributed by atoms with Gasteiger partial charge in [-0.3, -0.25) is 0 Å². The SMILES string of the molecule is c1ccc(-c2ccc3c(n2)c2cc(-n4c5ccccc5c5ccccc54)ccc2n3-c2cccc(-n3c4ccccc4c4ccccc43)c2)cc1. The number of fused-ring (bicyclic) bond motifs is 9. The molecule has 0 atom stereocenters. The molecule has 0 amide bonds. The molecule has 0 unspecified atom stereocenters. The van der Waals surface area contributed by atoms with Crippen molar-refractivity contribution < 1.29 is 0 Å². The summed E-state index contributed by atoms with van der Waals surface area (Å²) in [6.45, 7) is 0. The second kappa shape index (κ2) is 10.8. The highest BCUT2D eigenvalue weighted by Crippen LogP contribution is 2.38. The summed E-state index contributed by atoms with van der Waals surface area (Å²) in [5.41, 5.74) is 13.3. The van der Waals surface area contributed by atoms with E-state index < -0.39 is 0 Å². The average molecular weight is 651 g/mol. The number of benzene rings is 7. The molecule has 0 saturated carbocycles. The molecule has 0 spiro atoms. The Labute approximate surface area is 293 Å². The molecule has 7 aromatic carbocycles. The van der Waals surface area contributed by atoms with E-state index in [9.17, 15) is 0 Å². The van der Waals surface area contributed by atoms with Crippen LogP contribution >= 0.6 is 0 Å². The Bertz CT molecular complexity index is 3030. The minimum atomic E-state index is 0.962. The molecule has 238 valence electrons. The molecule has 51 heavy (non-hydrogen) atoms. The third kappa shape index (κ3) is 4.11. The van der Waals surface area contributed by atoms with Crippen LogP contribution in [0.2, 0.25) is 0 Å². The molecule has 4 nitrogen and oxygen atoms in total. The van der Waals surface area contributed by atoms with E-state index in [4.69, 9.17) is 4.98 Å². The molecule has 0 aliphatic rings. The smallest absolute Gasteiger partial charge is 0.0971 e. The first-order valence-electron chi connectivity index (χ1n) is 17.4. The number of nitrogens with zero attached hydrogens (tertiary/aromatic N) is 4. The maximum absolute atomic E-state index is 5.39. The van der Waals surface area contributed by atoms with E-state index in [1.807, 2.05) is 0 Å². The van der Waals surface area contributed by atoms with Crippen molar-refractivity contribution in [1.29, 1.82) is 0 Å². The van der Waals surface area contributed by atoms with Crippen LogP contribution in [0.3, 0.4) is 0 Å². The Morgan fingerprint density at radius 3 is 1.27 bits per heavy atom. The van der Waals surface area contributed by atoms with Crippen molar-refractivity contribution in [2.45, 2.75) is 0 Å². The van der Waals surface area contributed by atoms with E-state index in [1.165, 1.54) is 43.6 Å². The first kappa shape index (κ1) is 28.0. The van der Waals surface area contributed by atoms with Gasteiger partial charge < -0.3 is 13.7 Å². The van der Waals surface area contributed by atoms with Gasteiger partial charge >= 0.3 is 0 Å². The Kier molecular flexibility index (Phi) is 5.92. The van der Waals surface area contributed by atoms with E-state index in [-0.39, 0.29) is 0 Å². The third-order valence-corrected chi connectivity index (χ3v) is 10.4. The van der Waals surface area contributed by atoms with Gasteiger partial charge in [0.05, 0.1) is 44.3 Å². The zero-order valence-electron chi connectivity index (χ0n) is 27.6. The van der Waals surface area contributed by atoms with Crippen LogP contribution in [0.4, 0.5) is 0 Å². The van der Waals surface area contributed by atoms with Crippen LogP contribution in [0.5, 0.6) is 0 Å². The van der Waals surface area contributed by atoms with Crippen molar-refractivity contribution >= 4 is 65.5 Å². The van der Waals surface area contributed by atoms with Crippen molar-refractivity contribution in [2.24, 2.45) is 0 Å². The quantitative estimate of drug-likeness (QED) is 0.186. The summed E-state index contributed by atoms with van der Waals surface area (Å²) in [5.74, 6) is 0. The first-order chi connectivity index (χ1) is 25.3. The van der Waals surface area contributed by atoms with E-state index in [0.717, 1.165) is 50.3 Å². The molecule has 11 aromatic rings. The molecule has 0 radical (unpaired) electrons. The van der Waals surface area contributed by atoms with Gasteiger partial charge in [-0.05, 0) is 72.8 Å². The number of hydrogen-bond acceptors (Lipinski definition) is 1. The van der Waals surface area contributed by atoms with E-state index in [2.05, 4.69) is 196 Å². The number of pyridine rings is 1. The molecule has 0 N–H and O–H groups in total. The van der Waals surface area contributed by atoms with Gasteiger partial charge in [-0.25, -0.2) is 4.98 Å². The molecular weight excluding hydrogens is 621 g/mol. The Balaban J connectivity index is 1.19. The van der Waals surface area contributed by atoms with Crippen molar-refractivity contribution in [3.63, 3.8) is 0 Å².